The molecule has 0 spiro atoms. The summed E-state index contributed by atoms with van der Waals surface area (Å²) >= 11 is 0. The smallest absolute Gasteiger partial charge is 0.200 e. The molecule has 1 atom stereocenters. The Morgan fingerprint density at radius 3 is 2.67 bits per heavy atom. The van der Waals surface area contributed by atoms with Crippen LogP contribution in [0, 0.1) is 0 Å². The van der Waals surface area contributed by atoms with E-state index >= 15 is 0 Å². The Labute approximate surface area is 88.0 Å². The number of hydrogen-bond donors (Lipinski definition) is 2. The van der Waals surface area contributed by atoms with Crippen LogP contribution in [-0.2, 0) is 9.84 Å². The Morgan fingerprint density at radius 1 is 1.40 bits per heavy atom. The van der Waals surface area contributed by atoms with Crippen molar-refractivity contribution in [1.29, 1.82) is 0 Å². The molecule has 1 aromatic carbocycles. The van der Waals surface area contributed by atoms with E-state index in [-0.39, 0.29) is 10.6 Å². The van der Waals surface area contributed by atoms with Crippen LogP contribution >= 0.6 is 0 Å². The van der Waals surface area contributed by atoms with E-state index in [1.54, 1.807) is 6.92 Å². The second-order valence-electron chi connectivity index (χ2n) is 3.56. The molecule has 1 aromatic rings. The summed E-state index contributed by atoms with van der Waals surface area (Å²) in [4.78, 5) is 0.134. The molecule has 0 bridgehead atoms. The molecule has 2 rings (SSSR count). The van der Waals surface area contributed by atoms with E-state index in [9.17, 15) is 13.5 Å². The lowest BCUT2D eigenvalue weighted by Crippen LogP contribution is -2.16. The number of aromatic hydroxyl groups is 1. The van der Waals surface area contributed by atoms with Crippen molar-refractivity contribution in [1.82, 2.24) is 0 Å². The fraction of sp³-hybridized carbons (Fsp3) is 0.200. The van der Waals surface area contributed by atoms with Crippen LogP contribution < -0.4 is 5.73 Å². The summed E-state index contributed by atoms with van der Waals surface area (Å²) in [6.07, 6.45) is 0. The SMILES string of the molecule is CC(N)C1=CS(=O)(=O)c2cccc(O)c21. The molecule has 1 heterocycles. The summed E-state index contributed by atoms with van der Waals surface area (Å²) in [5.74, 6) is -0.0443. The molecule has 0 aromatic heterocycles. The highest BCUT2D eigenvalue weighted by atomic mass is 32.2. The van der Waals surface area contributed by atoms with E-state index in [1.807, 2.05) is 0 Å². The van der Waals surface area contributed by atoms with Crippen molar-refractivity contribution in [3.05, 3.63) is 29.2 Å². The van der Waals surface area contributed by atoms with Gasteiger partial charge in [-0.1, -0.05) is 6.07 Å². The minimum absolute atomic E-state index is 0.0443. The van der Waals surface area contributed by atoms with Crippen LogP contribution in [0.2, 0.25) is 0 Å². The highest BCUT2D eigenvalue weighted by Gasteiger charge is 2.30. The average molecular weight is 225 g/mol. The van der Waals surface area contributed by atoms with Crippen LogP contribution in [0.1, 0.15) is 12.5 Å². The van der Waals surface area contributed by atoms with Gasteiger partial charge in [0.2, 0.25) is 9.84 Å². The highest BCUT2D eigenvalue weighted by molar-refractivity contribution is 7.95. The van der Waals surface area contributed by atoms with Gasteiger partial charge >= 0.3 is 0 Å². The number of phenols is 1. The third-order valence-electron chi connectivity index (χ3n) is 2.37. The lowest BCUT2D eigenvalue weighted by atomic mass is 10.0. The lowest BCUT2D eigenvalue weighted by Gasteiger charge is -2.09. The minimum atomic E-state index is -3.42. The van der Waals surface area contributed by atoms with Gasteiger partial charge in [0.1, 0.15) is 5.75 Å². The van der Waals surface area contributed by atoms with Crippen molar-refractivity contribution < 1.29 is 13.5 Å². The van der Waals surface area contributed by atoms with Gasteiger partial charge in [-0.25, -0.2) is 8.42 Å². The normalized spacial score (nSPS) is 19.5. The Kier molecular flexibility index (Phi) is 2.09. The largest absolute Gasteiger partial charge is 0.507 e. The first-order valence-electron chi connectivity index (χ1n) is 4.48. The molecule has 1 unspecified atom stereocenters. The number of sulfone groups is 1. The standard InChI is InChI=1S/C10H11NO3S/c1-6(11)7-5-15(13,14)9-4-2-3-8(12)10(7)9/h2-6,12H,11H2,1H3. The molecule has 0 radical (unpaired) electrons. The third-order valence-corrected chi connectivity index (χ3v) is 3.89. The predicted octanol–water partition coefficient (Wildman–Crippen LogP) is 0.868. The van der Waals surface area contributed by atoms with Crippen LogP contribution in [0.15, 0.2) is 28.5 Å². The maximum Gasteiger partial charge on any atom is 0.200 e. The lowest BCUT2D eigenvalue weighted by molar-refractivity contribution is 0.471. The Balaban J connectivity index is 2.80. The van der Waals surface area contributed by atoms with Crippen LogP contribution in [0.25, 0.3) is 5.57 Å². The molecule has 0 aliphatic carbocycles. The van der Waals surface area contributed by atoms with Crippen LogP contribution in [0.5, 0.6) is 5.75 Å². The molecule has 80 valence electrons. The van der Waals surface area contributed by atoms with Crippen molar-refractivity contribution in [3.63, 3.8) is 0 Å². The molecule has 1 aliphatic rings. The summed E-state index contributed by atoms with van der Waals surface area (Å²) in [5, 5.41) is 10.7. The molecule has 15 heavy (non-hydrogen) atoms. The van der Waals surface area contributed by atoms with Gasteiger partial charge in [0.25, 0.3) is 0 Å². The first-order valence-corrected chi connectivity index (χ1v) is 6.03. The Bertz CT molecular complexity index is 544. The fourth-order valence-electron chi connectivity index (χ4n) is 1.67. The van der Waals surface area contributed by atoms with Gasteiger partial charge < -0.3 is 10.8 Å². The summed E-state index contributed by atoms with van der Waals surface area (Å²) in [5.41, 5.74) is 6.46. The van der Waals surface area contributed by atoms with Gasteiger partial charge in [-0.15, -0.1) is 0 Å². The number of nitrogens with two attached hydrogens (primary N) is 1. The zero-order valence-corrected chi connectivity index (χ0v) is 8.95. The van der Waals surface area contributed by atoms with Crippen molar-refractivity contribution in [2.45, 2.75) is 17.9 Å². The van der Waals surface area contributed by atoms with E-state index in [2.05, 4.69) is 0 Å². The fourth-order valence-corrected chi connectivity index (χ4v) is 3.24. The third kappa shape index (κ3) is 1.44. The molecule has 0 saturated carbocycles. The van der Waals surface area contributed by atoms with Crippen LogP contribution in [0.4, 0.5) is 0 Å². The monoisotopic (exact) mass is 225 g/mol. The Hall–Kier alpha value is -1.33. The second kappa shape index (κ2) is 3.08. The maximum absolute atomic E-state index is 11.7. The van der Waals surface area contributed by atoms with Gasteiger partial charge in [-0.2, -0.15) is 0 Å². The predicted molar refractivity (Wildman–Crippen MR) is 56.9 cm³/mol. The summed E-state index contributed by atoms with van der Waals surface area (Å²) < 4.78 is 23.4. The van der Waals surface area contributed by atoms with E-state index in [4.69, 9.17) is 5.73 Å². The Morgan fingerprint density at radius 2 is 2.07 bits per heavy atom. The van der Waals surface area contributed by atoms with Gasteiger partial charge in [0.15, 0.2) is 0 Å². The van der Waals surface area contributed by atoms with Crippen molar-refractivity contribution in [2.75, 3.05) is 0 Å². The quantitative estimate of drug-likeness (QED) is 0.743. The average Bonchev–Trinajstić information content (AvgIpc) is 2.40. The summed E-state index contributed by atoms with van der Waals surface area (Å²) in [6.45, 7) is 1.68. The van der Waals surface area contributed by atoms with E-state index in [1.165, 1.54) is 18.2 Å². The number of fused-ring (bicyclic) bond motifs is 1. The highest BCUT2D eigenvalue weighted by Crippen LogP contribution is 2.39. The first-order chi connectivity index (χ1) is 6.93. The van der Waals surface area contributed by atoms with Crippen molar-refractivity contribution >= 4 is 15.4 Å². The minimum Gasteiger partial charge on any atom is -0.507 e. The summed E-state index contributed by atoms with van der Waals surface area (Å²) in [6, 6.07) is 4.00. The molecule has 5 heteroatoms. The van der Waals surface area contributed by atoms with Crippen molar-refractivity contribution in [2.24, 2.45) is 5.73 Å². The van der Waals surface area contributed by atoms with Gasteiger partial charge in [-0.05, 0) is 24.6 Å². The number of hydrogen-bond acceptors (Lipinski definition) is 4. The van der Waals surface area contributed by atoms with Crippen LogP contribution in [-0.4, -0.2) is 19.6 Å². The topological polar surface area (TPSA) is 80.4 Å². The molecule has 0 saturated heterocycles. The molecular formula is C10H11NO3S. The van der Waals surface area contributed by atoms with Crippen LogP contribution in [0.3, 0.4) is 0 Å². The van der Waals surface area contributed by atoms with Gasteiger partial charge in [0.05, 0.1) is 4.90 Å². The molecule has 1 aliphatic heterocycles. The molecule has 3 N–H and O–H groups in total. The van der Waals surface area contributed by atoms with E-state index in [0.29, 0.717) is 11.1 Å². The maximum atomic E-state index is 11.7. The zero-order chi connectivity index (χ0) is 11.2. The zero-order valence-electron chi connectivity index (χ0n) is 8.14. The van der Waals surface area contributed by atoms with E-state index < -0.39 is 15.9 Å². The number of rotatable bonds is 1. The molecule has 0 fully saturated rings. The summed E-state index contributed by atoms with van der Waals surface area (Å²) in [7, 11) is -3.42. The van der Waals surface area contributed by atoms with Gasteiger partial charge in [0, 0.05) is 17.0 Å². The first kappa shape index (κ1) is 10.2. The van der Waals surface area contributed by atoms with Gasteiger partial charge in [-0.3, -0.25) is 0 Å². The number of phenolic OH excluding ortho intramolecular Hbond substituents is 1. The molecule has 0 amide bonds. The van der Waals surface area contributed by atoms with Crippen molar-refractivity contribution in [3.8, 4) is 5.75 Å². The van der Waals surface area contributed by atoms with E-state index in [0.717, 1.165) is 5.41 Å². The molecule has 4 nitrogen and oxygen atoms in total. The second-order valence-corrected chi connectivity index (χ2v) is 5.32. The molecular weight excluding hydrogens is 214 g/mol. The number of benzene rings is 1.